The predicted molar refractivity (Wildman–Crippen MR) is 39.8 cm³/mol. The van der Waals surface area contributed by atoms with Crippen LogP contribution in [0.4, 0.5) is 0 Å². The largest absolute Gasteiger partial charge is 0.337 e. The third kappa shape index (κ3) is 0.883. The molecule has 10 heavy (non-hydrogen) atoms. The summed E-state index contributed by atoms with van der Waals surface area (Å²) in [6, 6.07) is 1.23. The Balaban J connectivity index is 3.66. The second-order valence-corrected chi connectivity index (χ2v) is 2.08. The number of aromatic nitrogens is 2. The normalized spacial score (nSPS) is 9.60. The second kappa shape index (κ2) is 2.14. The van der Waals surface area contributed by atoms with E-state index in [1.54, 1.807) is 0 Å². The first kappa shape index (κ1) is 6.81. The van der Waals surface area contributed by atoms with Crippen LogP contribution in [-0.2, 0) is 0 Å². The lowest BCUT2D eigenvalue weighted by atomic mass is 10.7. The number of hydrogen-bond acceptors (Lipinski definition) is 4. The van der Waals surface area contributed by atoms with Crippen LogP contribution in [0.1, 0.15) is 0 Å². The molecule has 0 spiro atoms. The van der Waals surface area contributed by atoms with Crippen molar-refractivity contribution in [3.05, 3.63) is 27.4 Å². The molecule has 0 radical (unpaired) electrons. The molecule has 54 valence electrons. The number of nitrogens with zero attached hydrogens (tertiary/aromatic N) is 2. The van der Waals surface area contributed by atoms with Gasteiger partial charge in [0, 0.05) is 12.3 Å². The number of nitrogen functional groups attached to an aromatic ring is 2. The Morgan fingerprint density at radius 2 is 2.10 bits per heavy atom. The average Bonchev–Trinajstić information content (AvgIpc) is 1.93. The summed E-state index contributed by atoms with van der Waals surface area (Å²) in [4.78, 5) is 10.7. The highest BCUT2D eigenvalue weighted by molar-refractivity contribution is 7.71. The van der Waals surface area contributed by atoms with Gasteiger partial charge in [-0.1, -0.05) is 0 Å². The minimum Gasteiger partial charge on any atom is -0.337 e. The summed E-state index contributed by atoms with van der Waals surface area (Å²) >= 11 is 4.66. The van der Waals surface area contributed by atoms with Crippen molar-refractivity contribution < 1.29 is 0 Å². The predicted octanol–water partition coefficient (Wildman–Crippen LogP) is -1.19. The Morgan fingerprint density at radius 1 is 1.50 bits per heavy atom. The minimum absolute atomic E-state index is 0.0903. The van der Waals surface area contributed by atoms with E-state index in [4.69, 9.17) is 11.7 Å². The van der Waals surface area contributed by atoms with Crippen molar-refractivity contribution in [3.63, 3.8) is 0 Å². The van der Waals surface area contributed by atoms with Gasteiger partial charge < -0.3 is 11.7 Å². The van der Waals surface area contributed by atoms with Crippen LogP contribution in [0.5, 0.6) is 0 Å². The Labute approximate surface area is 61.4 Å². The topological polar surface area (TPSA) is 79.0 Å². The van der Waals surface area contributed by atoms with Crippen LogP contribution in [0.25, 0.3) is 0 Å². The minimum atomic E-state index is -0.369. The van der Waals surface area contributed by atoms with Gasteiger partial charge in [-0.3, -0.25) is 4.79 Å². The van der Waals surface area contributed by atoms with E-state index >= 15 is 0 Å². The van der Waals surface area contributed by atoms with E-state index in [-0.39, 0.29) is 10.3 Å². The zero-order chi connectivity index (χ0) is 7.72. The highest BCUT2D eigenvalue weighted by atomic mass is 32.1. The van der Waals surface area contributed by atoms with E-state index in [1.807, 2.05) is 0 Å². The zero-order valence-electron chi connectivity index (χ0n) is 5.02. The van der Waals surface area contributed by atoms with Crippen molar-refractivity contribution in [2.24, 2.45) is 0 Å². The molecule has 6 heteroatoms. The molecule has 0 saturated heterocycles. The monoisotopic (exact) mass is 158 g/mol. The molecule has 0 aliphatic heterocycles. The molecule has 0 fully saturated rings. The molecule has 0 aliphatic rings. The van der Waals surface area contributed by atoms with E-state index in [9.17, 15) is 4.79 Å². The maximum absolute atomic E-state index is 10.7. The lowest BCUT2D eigenvalue weighted by Gasteiger charge is -2.00. The van der Waals surface area contributed by atoms with Gasteiger partial charge in [-0.15, -0.1) is 0 Å². The van der Waals surface area contributed by atoms with Gasteiger partial charge in [0.25, 0.3) is 5.56 Å². The lowest BCUT2D eigenvalue weighted by molar-refractivity contribution is 0.785. The summed E-state index contributed by atoms with van der Waals surface area (Å²) < 4.78 is 1.99. The quantitative estimate of drug-likeness (QED) is 0.367. The molecule has 0 saturated carbocycles. The van der Waals surface area contributed by atoms with Gasteiger partial charge in [0.05, 0.1) is 0 Å². The van der Waals surface area contributed by atoms with Gasteiger partial charge in [-0.05, 0) is 12.2 Å². The fourth-order valence-electron chi connectivity index (χ4n) is 0.507. The van der Waals surface area contributed by atoms with Gasteiger partial charge in [-0.2, -0.15) is 4.68 Å². The molecule has 4 N–H and O–H groups in total. The highest BCUT2D eigenvalue weighted by Crippen LogP contribution is 1.77. The molecule has 1 aromatic heterocycles. The Hall–Kier alpha value is -1.30. The molecule has 1 aromatic rings. The third-order valence-electron chi connectivity index (χ3n) is 1.04. The average molecular weight is 158 g/mol. The number of nitrogens with two attached hydrogens (primary N) is 2. The molecule has 0 amide bonds. The van der Waals surface area contributed by atoms with E-state index in [2.05, 4.69) is 12.2 Å². The van der Waals surface area contributed by atoms with Crippen LogP contribution in [0.15, 0.2) is 17.1 Å². The van der Waals surface area contributed by atoms with Crippen molar-refractivity contribution in [2.75, 3.05) is 11.7 Å². The van der Waals surface area contributed by atoms with Gasteiger partial charge in [-0.25, -0.2) is 4.68 Å². The van der Waals surface area contributed by atoms with Crippen molar-refractivity contribution >= 4 is 12.2 Å². The van der Waals surface area contributed by atoms with Crippen LogP contribution in [-0.4, -0.2) is 9.35 Å². The van der Waals surface area contributed by atoms with Crippen LogP contribution in [0.2, 0.25) is 0 Å². The maximum atomic E-state index is 10.7. The van der Waals surface area contributed by atoms with Crippen LogP contribution in [0, 0.1) is 4.77 Å². The summed E-state index contributed by atoms with van der Waals surface area (Å²) in [7, 11) is 0. The van der Waals surface area contributed by atoms with Crippen molar-refractivity contribution in [1.82, 2.24) is 9.35 Å². The molecule has 0 aliphatic carbocycles. The van der Waals surface area contributed by atoms with Gasteiger partial charge in [0.1, 0.15) is 0 Å². The van der Waals surface area contributed by atoms with Crippen molar-refractivity contribution in [2.45, 2.75) is 0 Å². The van der Waals surface area contributed by atoms with E-state index < -0.39 is 0 Å². The molecule has 0 atom stereocenters. The van der Waals surface area contributed by atoms with Gasteiger partial charge in [0.2, 0.25) is 4.77 Å². The first-order chi connectivity index (χ1) is 4.63. The number of rotatable bonds is 0. The summed E-state index contributed by atoms with van der Waals surface area (Å²) in [5, 5.41) is 0. The van der Waals surface area contributed by atoms with E-state index in [0.29, 0.717) is 0 Å². The van der Waals surface area contributed by atoms with Crippen LogP contribution in [0.3, 0.4) is 0 Å². The van der Waals surface area contributed by atoms with Gasteiger partial charge in [0.15, 0.2) is 0 Å². The molecule has 5 nitrogen and oxygen atoms in total. The molecule has 1 heterocycles. The Bertz CT molecular complexity index is 351. The SMILES string of the molecule is Nn1ccc(=O)n(N)c1=S. The Morgan fingerprint density at radius 3 is 2.60 bits per heavy atom. The zero-order valence-corrected chi connectivity index (χ0v) is 5.84. The van der Waals surface area contributed by atoms with Crippen molar-refractivity contribution in [3.8, 4) is 0 Å². The second-order valence-electron chi connectivity index (χ2n) is 1.71. The third-order valence-corrected chi connectivity index (χ3v) is 1.45. The fraction of sp³-hybridized carbons (Fsp3) is 0. The first-order valence-electron chi connectivity index (χ1n) is 2.48. The molecular weight excluding hydrogens is 152 g/mol. The molecule has 0 unspecified atom stereocenters. The lowest BCUT2D eigenvalue weighted by Crippen LogP contribution is -2.31. The highest BCUT2D eigenvalue weighted by Gasteiger charge is 1.91. The Kier molecular flexibility index (Phi) is 1.46. The summed E-state index contributed by atoms with van der Waals surface area (Å²) in [6.07, 6.45) is 1.36. The standard InChI is InChI=1S/C4H6N4OS/c5-7-2-1-3(9)8(6)4(7)10/h1-2H,5-6H2. The number of hydrogen-bond donors (Lipinski definition) is 2. The van der Waals surface area contributed by atoms with E-state index in [1.165, 1.54) is 12.3 Å². The van der Waals surface area contributed by atoms with Crippen LogP contribution < -0.4 is 17.2 Å². The molecule has 1 rings (SSSR count). The van der Waals surface area contributed by atoms with Crippen molar-refractivity contribution in [1.29, 1.82) is 0 Å². The van der Waals surface area contributed by atoms with E-state index in [0.717, 1.165) is 9.35 Å². The first-order valence-corrected chi connectivity index (χ1v) is 2.88. The molecular formula is C4H6N4OS. The summed E-state index contributed by atoms with van der Waals surface area (Å²) in [5.74, 6) is 10.4. The molecule has 0 aromatic carbocycles. The summed E-state index contributed by atoms with van der Waals surface area (Å²) in [6.45, 7) is 0. The smallest absolute Gasteiger partial charge is 0.272 e. The summed E-state index contributed by atoms with van der Waals surface area (Å²) in [5.41, 5.74) is -0.369. The molecule has 0 bridgehead atoms. The van der Waals surface area contributed by atoms with Gasteiger partial charge >= 0.3 is 0 Å². The maximum Gasteiger partial charge on any atom is 0.272 e. The fourth-order valence-corrected chi connectivity index (χ4v) is 0.658. The van der Waals surface area contributed by atoms with Crippen LogP contribution >= 0.6 is 12.2 Å².